The van der Waals surface area contributed by atoms with Crippen molar-refractivity contribution in [2.24, 2.45) is 5.10 Å². The van der Waals surface area contributed by atoms with Crippen LogP contribution in [0.2, 0.25) is 0 Å². The van der Waals surface area contributed by atoms with Gasteiger partial charge in [-0.2, -0.15) is 23.3 Å². The van der Waals surface area contributed by atoms with Gasteiger partial charge in [0.1, 0.15) is 0 Å². The number of hydrogen-bond acceptors (Lipinski definition) is 3. The third-order valence-corrected chi connectivity index (χ3v) is 3.66. The summed E-state index contributed by atoms with van der Waals surface area (Å²) in [6.45, 7) is 1.61. The van der Waals surface area contributed by atoms with Crippen LogP contribution >= 0.6 is 15.9 Å². The summed E-state index contributed by atoms with van der Waals surface area (Å²) >= 11 is 3.14. The highest BCUT2D eigenvalue weighted by Crippen LogP contribution is 2.41. The second kappa shape index (κ2) is 5.42. The molecule has 0 saturated carbocycles. The lowest BCUT2D eigenvalue weighted by Gasteiger charge is -2.32. The number of hydrazone groups is 1. The number of halogens is 4. The molecule has 0 saturated heterocycles. The molecule has 1 aromatic rings. The van der Waals surface area contributed by atoms with Crippen molar-refractivity contribution in [2.45, 2.75) is 31.7 Å². The number of hydrogen-bond donors (Lipinski definition) is 1. The molecule has 1 aliphatic heterocycles. The van der Waals surface area contributed by atoms with E-state index in [1.54, 1.807) is 13.0 Å². The van der Waals surface area contributed by atoms with Gasteiger partial charge >= 0.3 is 6.18 Å². The molecule has 4 nitrogen and oxygen atoms in total. The van der Waals surface area contributed by atoms with E-state index in [1.807, 2.05) is 0 Å². The zero-order chi connectivity index (χ0) is 15.8. The first-order valence-electron chi connectivity index (χ1n) is 6.14. The Kier molecular flexibility index (Phi) is 4.12. The van der Waals surface area contributed by atoms with Gasteiger partial charge in [-0.1, -0.05) is 28.9 Å². The van der Waals surface area contributed by atoms with Gasteiger partial charge in [0.25, 0.3) is 11.6 Å². The molecule has 1 unspecified atom stereocenters. The predicted octanol–water partition coefficient (Wildman–Crippen LogP) is 3.31. The Morgan fingerprint density at radius 1 is 1.52 bits per heavy atom. The summed E-state index contributed by atoms with van der Waals surface area (Å²) in [6, 6.07) is 5.89. The molecule has 0 bridgehead atoms. The Morgan fingerprint density at radius 2 is 2.19 bits per heavy atom. The first-order chi connectivity index (χ1) is 9.69. The maximum atomic E-state index is 13.1. The lowest BCUT2D eigenvalue weighted by molar-refractivity contribution is -0.297. The summed E-state index contributed by atoms with van der Waals surface area (Å²) in [5, 5.41) is 13.7. The molecule has 1 aromatic carbocycles. The summed E-state index contributed by atoms with van der Waals surface area (Å²) in [5.41, 5.74) is -3.16. The van der Waals surface area contributed by atoms with E-state index >= 15 is 0 Å². The minimum absolute atomic E-state index is 0.00755. The van der Waals surface area contributed by atoms with Crippen molar-refractivity contribution in [2.75, 3.05) is 0 Å². The normalized spacial score (nSPS) is 22.4. The highest BCUT2D eigenvalue weighted by atomic mass is 79.9. The summed E-state index contributed by atoms with van der Waals surface area (Å²) in [6.07, 6.45) is -5.50. The topological polar surface area (TPSA) is 52.9 Å². The number of alkyl halides is 3. The van der Waals surface area contributed by atoms with Crippen LogP contribution < -0.4 is 0 Å². The van der Waals surface area contributed by atoms with Crippen molar-refractivity contribution in [3.63, 3.8) is 0 Å². The summed E-state index contributed by atoms with van der Waals surface area (Å²) in [7, 11) is 0. The largest absolute Gasteiger partial charge is 0.438 e. The van der Waals surface area contributed by atoms with E-state index < -0.39 is 24.2 Å². The average molecular weight is 365 g/mol. The van der Waals surface area contributed by atoms with Crippen molar-refractivity contribution in [3.05, 3.63) is 34.3 Å². The Bertz CT molecular complexity index is 603. The number of benzene rings is 1. The number of carbonyl (C=O) groups is 1. The summed E-state index contributed by atoms with van der Waals surface area (Å²) in [4.78, 5) is 12.3. The van der Waals surface area contributed by atoms with Crippen LogP contribution in [0, 0.1) is 0 Å². The van der Waals surface area contributed by atoms with Crippen LogP contribution in [0.3, 0.4) is 0 Å². The lowest BCUT2D eigenvalue weighted by Crippen LogP contribution is -2.56. The van der Waals surface area contributed by atoms with Crippen LogP contribution in [0.5, 0.6) is 0 Å². The molecule has 0 aromatic heterocycles. The van der Waals surface area contributed by atoms with Gasteiger partial charge in [0.05, 0.1) is 0 Å². The minimum Gasteiger partial charge on any atom is -0.362 e. The molecule has 8 heteroatoms. The zero-order valence-electron chi connectivity index (χ0n) is 11.0. The smallest absolute Gasteiger partial charge is 0.362 e. The van der Waals surface area contributed by atoms with Crippen LogP contribution in [0.1, 0.15) is 30.1 Å². The van der Waals surface area contributed by atoms with Crippen LogP contribution in [-0.2, 0) is 0 Å². The predicted molar refractivity (Wildman–Crippen MR) is 73.7 cm³/mol. The van der Waals surface area contributed by atoms with Gasteiger partial charge < -0.3 is 5.11 Å². The minimum atomic E-state index is -4.99. The fraction of sp³-hybridized carbons (Fsp3) is 0.385. The third-order valence-electron chi connectivity index (χ3n) is 3.17. The Morgan fingerprint density at radius 3 is 2.71 bits per heavy atom. The molecule has 1 atom stereocenters. The van der Waals surface area contributed by atoms with Crippen LogP contribution in [0.4, 0.5) is 13.2 Å². The van der Waals surface area contributed by atoms with E-state index in [2.05, 4.69) is 21.0 Å². The van der Waals surface area contributed by atoms with Crippen molar-refractivity contribution in [1.29, 1.82) is 0 Å². The highest BCUT2D eigenvalue weighted by Gasteiger charge is 2.63. The van der Waals surface area contributed by atoms with Gasteiger partial charge in [0.15, 0.2) is 0 Å². The van der Waals surface area contributed by atoms with Gasteiger partial charge in [-0.3, -0.25) is 4.79 Å². The number of nitrogens with zero attached hydrogens (tertiary/aromatic N) is 2. The molecule has 1 amide bonds. The fourth-order valence-electron chi connectivity index (χ4n) is 1.99. The second-order valence-electron chi connectivity index (χ2n) is 4.64. The highest BCUT2D eigenvalue weighted by molar-refractivity contribution is 9.10. The number of amides is 1. The lowest BCUT2D eigenvalue weighted by atomic mass is 10.0. The molecule has 1 aliphatic rings. The van der Waals surface area contributed by atoms with Crippen molar-refractivity contribution < 1.29 is 23.1 Å². The maximum absolute atomic E-state index is 13.1. The quantitative estimate of drug-likeness (QED) is 0.875. The fourth-order valence-corrected chi connectivity index (χ4v) is 2.39. The van der Waals surface area contributed by atoms with Crippen molar-refractivity contribution in [3.8, 4) is 0 Å². The van der Waals surface area contributed by atoms with E-state index in [0.717, 1.165) is 0 Å². The molecular weight excluding hydrogens is 353 g/mol. The molecule has 2 rings (SSSR count). The maximum Gasteiger partial charge on any atom is 0.438 e. The number of carbonyl (C=O) groups excluding carboxylic acids is 1. The summed E-state index contributed by atoms with van der Waals surface area (Å²) in [5.74, 6) is -1.00. The Hall–Kier alpha value is -1.41. The molecular formula is C13H12BrF3N2O2. The van der Waals surface area contributed by atoms with Crippen LogP contribution in [0.25, 0.3) is 0 Å². The van der Waals surface area contributed by atoms with E-state index in [0.29, 0.717) is 4.47 Å². The van der Waals surface area contributed by atoms with E-state index in [-0.39, 0.29) is 22.7 Å². The zero-order valence-corrected chi connectivity index (χ0v) is 12.6. The van der Waals surface area contributed by atoms with Crippen LogP contribution in [0.15, 0.2) is 33.8 Å². The van der Waals surface area contributed by atoms with Crippen molar-refractivity contribution in [1.82, 2.24) is 5.01 Å². The molecule has 1 N–H and O–H groups in total. The molecule has 0 spiro atoms. The third kappa shape index (κ3) is 2.82. The molecule has 114 valence electrons. The standard InChI is InChI=1S/C13H12BrF3N2O2/c1-2-10-7-12(21,13(15,16)17)19(18-10)11(20)8-4-3-5-9(14)6-8/h3-6,21H,2,7H2,1H3. The van der Waals surface area contributed by atoms with E-state index in [9.17, 15) is 23.1 Å². The first kappa shape index (κ1) is 16.0. The molecule has 1 heterocycles. The molecule has 21 heavy (non-hydrogen) atoms. The monoisotopic (exact) mass is 364 g/mol. The summed E-state index contributed by atoms with van der Waals surface area (Å²) < 4.78 is 39.9. The molecule has 0 fully saturated rings. The van der Waals surface area contributed by atoms with Gasteiger partial charge in [0.2, 0.25) is 0 Å². The van der Waals surface area contributed by atoms with Crippen LogP contribution in [-0.4, -0.2) is 33.6 Å². The Labute approximate surface area is 127 Å². The second-order valence-corrected chi connectivity index (χ2v) is 5.55. The number of rotatable bonds is 2. The van der Waals surface area contributed by atoms with E-state index in [1.165, 1.54) is 18.2 Å². The SMILES string of the molecule is CCC1=NN(C(=O)c2cccc(Br)c2)C(O)(C(F)(F)F)C1. The molecule has 0 aliphatic carbocycles. The van der Waals surface area contributed by atoms with E-state index in [4.69, 9.17) is 0 Å². The van der Waals surface area contributed by atoms with Crippen molar-refractivity contribution >= 4 is 27.5 Å². The average Bonchev–Trinajstić information content (AvgIpc) is 2.76. The van der Waals surface area contributed by atoms with Gasteiger partial charge in [-0.15, -0.1) is 0 Å². The van der Waals surface area contributed by atoms with Gasteiger partial charge in [-0.25, -0.2) is 0 Å². The van der Waals surface area contributed by atoms with Gasteiger partial charge in [-0.05, 0) is 24.6 Å². The number of aliphatic hydroxyl groups is 1. The molecule has 0 radical (unpaired) electrons. The van der Waals surface area contributed by atoms with Gasteiger partial charge in [0, 0.05) is 22.2 Å². The Balaban J connectivity index is 2.43. The first-order valence-corrected chi connectivity index (χ1v) is 6.94.